The fourth-order valence-electron chi connectivity index (χ4n) is 1.21. The van der Waals surface area contributed by atoms with Crippen molar-refractivity contribution in [3.63, 3.8) is 0 Å². The van der Waals surface area contributed by atoms with Gasteiger partial charge in [-0.1, -0.05) is 29.8 Å². The Kier molecular flexibility index (Phi) is 2.70. The standard InChI is InChI=1S/C9H5BrClNO2S/c10-9-12-5-8(15(9,13)14)6-3-1-2-4-7(6)11/h1-5H. The normalized spacial score (nSPS) is 18.5. The van der Waals surface area contributed by atoms with Gasteiger partial charge in [0.05, 0.1) is 0 Å². The van der Waals surface area contributed by atoms with E-state index in [1.807, 2.05) is 0 Å². The topological polar surface area (TPSA) is 46.5 Å². The molecule has 0 aliphatic carbocycles. The lowest BCUT2D eigenvalue weighted by Gasteiger charge is -2.04. The Labute approximate surface area is 101 Å². The predicted octanol–water partition coefficient (Wildman–Crippen LogP) is 2.82. The summed E-state index contributed by atoms with van der Waals surface area (Å²) in [6, 6.07) is 6.75. The fourth-order valence-corrected chi connectivity index (χ4v) is 3.17. The number of nitrogens with zero attached hydrogens (tertiary/aromatic N) is 1. The third-order valence-electron chi connectivity index (χ3n) is 1.93. The van der Waals surface area contributed by atoms with E-state index in [1.54, 1.807) is 24.3 Å². The summed E-state index contributed by atoms with van der Waals surface area (Å²) in [5, 5.41) is 0.393. The third kappa shape index (κ3) is 1.75. The zero-order chi connectivity index (χ0) is 11.1. The molecule has 0 bridgehead atoms. The van der Waals surface area contributed by atoms with Gasteiger partial charge in [-0.05, 0) is 22.0 Å². The van der Waals surface area contributed by atoms with Gasteiger partial charge in [0, 0.05) is 16.8 Å². The Hall–Kier alpha value is -0.650. The van der Waals surface area contributed by atoms with E-state index < -0.39 is 9.84 Å². The number of aliphatic imine (C=N–C) groups is 1. The van der Waals surface area contributed by atoms with Crippen LogP contribution in [-0.4, -0.2) is 12.4 Å². The first-order valence-electron chi connectivity index (χ1n) is 3.97. The number of benzene rings is 1. The lowest BCUT2D eigenvalue weighted by molar-refractivity contribution is 0.617. The molecular formula is C9H5BrClNO2S. The Balaban J connectivity index is 2.59. The van der Waals surface area contributed by atoms with Crippen molar-refractivity contribution in [2.45, 2.75) is 0 Å². The van der Waals surface area contributed by atoms with Crippen molar-refractivity contribution in [3.05, 3.63) is 41.1 Å². The van der Waals surface area contributed by atoms with E-state index >= 15 is 0 Å². The van der Waals surface area contributed by atoms with Gasteiger partial charge in [0.25, 0.3) is 0 Å². The highest BCUT2D eigenvalue weighted by Gasteiger charge is 2.29. The van der Waals surface area contributed by atoms with Crippen LogP contribution >= 0.6 is 27.5 Å². The second-order valence-electron chi connectivity index (χ2n) is 2.86. The number of hydrogen-bond acceptors (Lipinski definition) is 3. The monoisotopic (exact) mass is 305 g/mol. The molecule has 0 amide bonds. The van der Waals surface area contributed by atoms with Crippen LogP contribution in [0.3, 0.4) is 0 Å². The van der Waals surface area contributed by atoms with Gasteiger partial charge >= 0.3 is 0 Å². The van der Waals surface area contributed by atoms with Crippen LogP contribution in [0.2, 0.25) is 5.02 Å². The highest BCUT2D eigenvalue weighted by atomic mass is 79.9. The number of rotatable bonds is 1. The Morgan fingerprint density at radius 3 is 2.47 bits per heavy atom. The van der Waals surface area contributed by atoms with Crippen molar-refractivity contribution >= 4 is 46.2 Å². The predicted molar refractivity (Wildman–Crippen MR) is 64.7 cm³/mol. The largest absolute Gasteiger partial charge is 0.236 e. The van der Waals surface area contributed by atoms with Gasteiger partial charge in [-0.15, -0.1) is 0 Å². The molecule has 1 aliphatic rings. The maximum atomic E-state index is 11.7. The Morgan fingerprint density at radius 2 is 1.93 bits per heavy atom. The van der Waals surface area contributed by atoms with E-state index in [0.29, 0.717) is 10.6 Å². The number of halogens is 2. The van der Waals surface area contributed by atoms with E-state index in [1.165, 1.54) is 6.20 Å². The smallest absolute Gasteiger partial charge is 0.232 e. The minimum atomic E-state index is -3.50. The van der Waals surface area contributed by atoms with E-state index in [0.717, 1.165) is 0 Å². The zero-order valence-electron chi connectivity index (χ0n) is 7.31. The second-order valence-corrected chi connectivity index (χ2v) is 6.38. The first kappa shape index (κ1) is 10.9. The molecule has 0 N–H and O–H groups in total. The molecule has 6 heteroatoms. The minimum absolute atomic E-state index is 0.0788. The molecule has 0 saturated heterocycles. The van der Waals surface area contributed by atoms with Crippen LogP contribution in [0, 0.1) is 0 Å². The second kappa shape index (κ2) is 3.73. The quantitative estimate of drug-likeness (QED) is 0.801. The first-order chi connectivity index (χ1) is 7.03. The Morgan fingerprint density at radius 1 is 1.27 bits per heavy atom. The number of sulfone groups is 1. The average Bonchev–Trinajstić information content (AvgIpc) is 2.44. The molecule has 1 heterocycles. The van der Waals surface area contributed by atoms with Crippen molar-refractivity contribution in [1.29, 1.82) is 0 Å². The van der Waals surface area contributed by atoms with Crippen LogP contribution in [0.4, 0.5) is 0 Å². The lowest BCUT2D eigenvalue weighted by atomic mass is 10.2. The summed E-state index contributed by atoms with van der Waals surface area (Å²) >= 11 is 8.80. The molecule has 0 spiro atoms. The zero-order valence-corrected chi connectivity index (χ0v) is 10.5. The summed E-state index contributed by atoms with van der Waals surface area (Å²) in [5.74, 6) is 0. The summed E-state index contributed by atoms with van der Waals surface area (Å²) < 4.78 is 23.4. The average molecular weight is 307 g/mol. The molecule has 1 aromatic rings. The van der Waals surface area contributed by atoms with Gasteiger partial charge in [-0.3, -0.25) is 0 Å². The van der Waals surface area contributed by atoms with Crippen molar-refractivity contribution in [2.75, 3.05) is 0 Å². The molecule has 0 fully saturated rings. The summed E-state index contributed by atoms with van der Waals surface area (Å²) in [4.78, 5) is 3.84. The minimum Gasteiger partial charge on any atom is -0.236 e. The molecule has 2 rings (SSSR count). The maximum absolute atomic E-state index is 11.7. The molecule has 1 aromatic carbocycles. The van der Waals surface area contributed by atoms with Crippen LogP contribution in [0.5, 0.6) is 0 Å². The third-order valence-corrected chi connectivity index (χ3v) is 5.20. The fraction of sp³-hybridized carbons (Fsp3) is 0. The summed E-state index contributed by atoms with van der Waals surface area (Å²) in [6.07, 6.45) is 1.29. The SMILES string of the molecule is O=S1(=O)C(c2ccccc2Cl)=CN=C1Br. The van der Waals surface area contributed by atoms with E-state index in [9.17, 15) is 8.42 Å². The van der Waals surface area contributed by atoms with Gasteiger partial charge in [0.1, 0.15) is 4.91 Å². The van der Waals surface area contributed by atoms with Crippen LogP contribution in [0.15, 0.2) is 35.5 Å². The molecule has 1 aliphatic heterocycles. The number of hydrogen-bond donors (Lipinski definition) is 0. The van der Waals surface area contributed by atoms with E-state index in [-0.39, 0.29) is 8.86 Å². The molecule has 0 atom stereocenters. The summed E-state index contributed by atoms with van der Waals surface area (Å²) in [6.45, 7) is 0. The van der Waals surface area contributed by atoms with Crippen LogP contribution in [0.1, 0.15) is 5.56 Å². The van der Waals surface area contributed by atoms with Gasteiger partial charge in [-0.25, -0.2) is 13.4 Å². The summed E-state index contributed by atoms with van der Waals surface area (Å²) in [7, 11) is -3.50. The van der Waals surface area contributed by atoms with Gasteiger partial charge < -0.3 is 0 Å². The highest BCUT2D eigenvalue weighted by molar-refractivity contribution is 9.22. The molecule has 15 heavy (non-hydrogen) atoms. The van der Waals surface area contributed by atoms with Crippen LogP contribution < -0.4 is 0 Å². The van der Waals surface area contributed by atoms with Crippen molar-refractivity contribution < 1.29 is 8.42 Å². The van der Waals surface area contributed by atoms with Crippen LogP contribution in [-0.2, 0) is 9.84 Å². The van der Waals surface area contributed by atoms with E-state index in [4.69, 9.17) is 11.6 Å². The molecule has 0 radical (unpaired) electrons. The lowest BCUT2D eigenvalue weighted by Crippen LogP contribution is -2.06. The molecular weight excluding hydrogens is 302 g/mol. The molecule has 3 nitrogen and oxygen atoms in total. The van der Waals surface area contributed by atoms with E-state index in [2.05, 4.69) is 20.9 Å². The van der Waals surface area contributed by atoms with Crippen LogP contribution in [0.25, 0.3) is 4.91 Å². The van der Waals surface area contributed by atoms with Crippen molar-refractivity contribution in [1.82, 2.24) is 0 Å². The maximum Gasteiger partial charge on any atom is 0.232 e. The van der Waals surface area contributed by atoms with Gasteiger partial charge in [-0.2, -0.15) is 0 Å². The van der Waals surface area contributed by atoms with Crippen molar-refractivity contribution in [2.24, 2.45) is 4.99 Å². The molecule has 78 valence electrons. The molecule has 0 unspecified atom stereocenters. The first-order valence-corrected chi connectivity index (χ1v) is 6.62. The van der Waals surface area contributed by atoms with Gasteiger partial charge in [0.15, 0.2) is 0 Å². The summed E-state index contributed by atoms with van der Waals surface area (Å²) in [5.41, 5.74) is 0.470. The van der Waals surface area contributed by atoms with Crippen molar-refractivity contribution in [3.8, 4) is 0 Å². The Bertz CT molecular complexity index is 578. The van der Waals surface area contributed by atoms with Gasteiger partial charge in [0.2, 0.25) is 13.8 Å². The molecule has 0 saturated carbocycles. The molecule has 0 aromatic heterocycles. The highest BCUT2D eigenvalue weighted by Crippen LogP contribution is 2.33.